The van der Waals surface area contributed by atoms with Crippen LogP contribution in [0.5, 0.6) is 0 Å². The molecule has 1 aliphatic rings. The molecule has 1 aromatic rings. The average molecular weight is 380 g/mol. The number of amides is 2. The first kappa shape index (κ1) is 19.4. The number of nitrogens with one attached hydrogen (secondary N) is 1. The molecule has 2 rings (SSSR count). The van der Waals surface area contributed by atoms with Crippen LogP contribution in [0.4, 0.5) is 23.1 Å². The minimum Gasteiger partial charge on any atom is -0.481 e. The van der Waals surface area contributed by atoms with Gasteiger partial charge in [0.2, 0.25) is 5.13 Å². The van der Waals surface area contributed by atoms with E-state index in [1.165, 1.54) is 0 Å². The summed E-state index contributed by atoms with van der Waals surface area (Å²) in [4.78, 5) is 24.0. The predicted octanol–water partition coefficient (Wildman–Crippen LogP) is 3.00. The van der Waals surface area contributed by atoms with Crippen LogP contribution in [-0.2, 0) is 11.2 Å². The van der Waals surface area contributed by atoms with Crippen molar-refractivity contribution in [2.45, 2.75) is 38.8 Å². The summed E-state index contributed by atoms with van der Waals surface area (Å²) in [6.07, 6.45) is -0.901. The number of hydrogen-bond donors (Lipinski definition) is 2. The third kappa shape index (κ3) is 5.03. The number of aryl methyl sites for hydroxylation is 1. The van der Waals surface area contributed by atoms with Crippen molar-refractivity contribution < 1.29 is 27.9 Å². The lowest BCUT2D eigenvalue weighted by molar-refractivity contribution is -0.187. The molecule has 11 heteroatoms. The molecule has 0 aliphatic carbocycles. The van der Waals surface area contributed by atoms with Crippen LogP contribution >= 0.6 is 11.3 Å². The zero-order chi connectivity index (χ0) is 18.6. The number of hydrogen-bond acceptors (Lipinski definition) is 5. The number of carboxylic acids is 1. The van der Waals surface area contributed by atoms with Crippen molar-refractivity contribution in [1.29, 1.82) is 0 Å². The van der Waals surface area contributed by atoms with Gasteiger partial charge >= 0.3 is 18.2 Å². The zero-order valence-corrected chi connectivity index (χ0v) is 14.4. The molecule has 2 heterocycles. The Kier molecular flexibility index (Phi) is 6.20. The summed E-state index contributed by atoms with van der Waals surface area (Å²) in [5.74, 6) is -5.30. The summed E-state index contributed by atoms with van der Waals surface area (Å²) in [6, 6.07) is -0.797. The molecule has 140 valence electrons. The number of carboxylic acid groups (broad SMARTS) is 1. The maximum absolute atomic E-state index is 12.9. The SMILES string of the molecule is CCCCCc1nnc(NC(=O)N2C[C@@H](C(F)(F)F)[C@H](C(=O)O)C2)s1. The Morgan fingerprint density at radius 2 is 2.04 bits per heavy atom. The van der Waals surface area contributed by atoms with Crippen molar-refractivity contribution in [3.63, 3.8) is 0 Å². The van der Waals surface area contributed by atoms with E-state index in [2.05, 4.69) is 22.4 Å². The molecular formula is C14H19F3N4O3S. The van der Waals surface area contributed by atoms with Gasteiger partial charge in [0, 0.05) is 19.5 Å². The second kappa shape index (κ2) is 7.98. The lowest BCUT2D eigenvalue weighted by atomic mass is 9.96. The van der Waals surface area contributed by atoms with Crippen molar-refractivity contribution in [2.75, 3.05) is 18.4 Å². The number of carbonyl (C=O) groups is 2. The Hall–Kier alpha value is -1.91. The summed E-state index contributed by atoms with van der Waals surface area (Å²) in [5, 5.41) is 20.0. The topological polar surface area (TPSA) is 95.4 Å². The zero-order valence-electron chi connectivity index (χ0n) is 13.5. The molecule has 0 unspecified atom stereocenters. The van der Waals surface area contributed by atoms with Crippen LogP contribution in [0.2, 0.25) is 0 Å². The second-order valence-corrected chi connectivity index (χ2v) is 6.95. The van der Waals surface area contributed by atoms with Crippen molar-refractivity contribution >= 4 is 28.5 Å². The molecule has 2 N–H and O–H groups in total. The number of unbranched alkanes of at least 4 members (excludes halogenated alkanes) is 2. The number of aliphatic carboxylic acids is 1. The van der Waals surface area contributed by atoms with Gasteiger partial charge in [0.25, 0.3) is 0 Å². The Bertz CT molecular complexity index is 623. The average Bonchev–Trinajstić information content (AvgIpc) is 3.14. The number of likely N-dealkylation sites (tertiary alicyclic amines) is 1. The first-order valence-corrected chi connectivity index (χ1v) is 8.71. The normalized spacial score (nSPS) is 20.7. The van der Waals surface area contributed by atoms with Gasteiger partial charge in [-0.15, -0.1) is 10.2 Å². The Morgan fingerprint density at radius 1 is 1.32 bits per heavy atom. The van der Waals surface area contributed by atoms with Crippen molar-refractivity contribution in [3.8, 4) is 0 Å². The number of anilines is 1. The van der Waals surface area contributed by atoms with Crippen LogP contribution in [0.1, 0.15) is 31.2 Å². The molecule has 1 saturated heterocycles. The summed E-state index contributed by atoms with van der Waals surface area (Å²) in [5.41, 5.74) is 0. The second-order valence-electron chi connectivity index (χ2n) is 5.89. The molecule has 2 amide bonds. The molecule has 1 aliphatic heterocycles. The highest BCUT2D eigenvalue weighted by Crippen LogP contribution is 2.38. The Morgan fingerprint density at radius 3 is 2.60 bits per heavy atom. The fourth-order valence-corrected chi connectivity index (χ4v) is 3.42. The molecule has 1 aromatic heterocycles. The van der Waals surface area contributed by atoms with E-state index in [1.54, 1.807) is 0 Å². The maximum Gasteiger partial charge on any atom is 0.394 e. The van der Waals surface area contributed by atoms with Gasteiger partial charge in [-0.2, -0.15) is 13.2 Å². The summed E-state index contributed by atoms with van der Waals surface area (Å²) >= 11 is 1.16. The Balaban J connectivity index is 1.96. The minimum absolute atomic E-state index is 0.193. The highest BCUT2D eigenvalue weighted by Gasteiger charge is 2.53. The number of urea groups is 1. The lowest BCUT2D eigenvalue weighted by Gasteiger charge is -2.18. The monoisotopic (exact) mass is 380 g/mol. The van der Waals surface area contributed by atoms with E-state index < -0.39 is 43.1 Å². The third-order valence-electron chi connectivity index (χ3n) is 4.02. The summed E-state index contributed by atoms with van der Waals surface area (Å²) < 4.78 is 38.8. The van der Waals surface area contributed by atoms with E-state index in [0.29, 0.717) is 0 Å². The summed E-state index contributed by atoms with van der Waals surface area (Å²) in [7, 11) is 0. The van der Waals surface area contributed by atoms with Gasteiger partial charge in [0.15, 0.2) is 0 Å². The van der Waals surface area contributed by atoms with E-state index in [0.717, 1.165) is 46.9 Å². The number of halogens is 3. The van der Waals surface area contributed by atoms with Crippen LogP contribution in [-0.4, -0.2) is 51.5 Å². The highest BCUT2D eigenvalue weighted by atomic mass is 32.1. The van der Waals surface area contributed by atoms with Crippen molar-refractivity contribution in [2.24, 2.45) is 11.8 Å². The first-order chi connectivity index (χ1) is 11.7. The van der Waals surface area contributed by atoms with E-state index in [4.69, 9.17) is 5.11 Å². The largest absolute Gasteiger partial charge is 0.481 e. The first-order valence-electron chi connectivity index (χ1n) is 7.90. The highest BCUT2D eigenvalue weighted by molar-refractivity contribution is 7.15. The van der Waals surface area contributed by atoms with Gasteiger partial charge < -0.3 is 10.0 Å². The van der Waals surface area contributed by atoms with E-state index in [-0.39, 0.29) is 5.13 Å². The van der Waals surface area contributed by atoms with Crippen LogP contribution in [0, 0.1) is 11.8 Å². The quantitative estimate of drug-likeness (QED) is 0.740. The van der Waals surface area contributed by atoms with Crippen LogP contribution in [0.3, 0.4) is 0 Å². The van der Waals surface area contributed by atoms with Crippen LogP contribution < -0.4 is 5.32 Å². The minimum atomic E-state index is -4.67. The fourth-order valence-electron chi connectivity index (χ4n) is 2.65. The van der Waals surface area contributed by atoms with Gasteiger partial charge in [-0.3, -0.25) is 10.1 Å². The molecule has 0 aromatic carbocycles. The van der Waals surface area contributed by atoms with Gasteiger partial charge in [-0.25, -0.2) is 4.79 Å². The molecule has 0 bridgehead atoms. The number of aromatic nitrogens is 2. The Labute approximate surface area is 146 Å². The fraction of sp³-hybridized carbons (Fsp3) is 0.714. The van der Waals surface area contributed by atoms with Gasteiger partial charge in [-0.1, -0.05) is 31.1 Å². The van der Waals surface area contributed by atoms with Gasteiger partial charge in [0.05, 0.1) is 11.8 Å². The van der Waals surface area contributed by atoms with Gasteiger partial charge in [0.1, 0.15) is 5.01 Å². The van der Waals surface area contributed by atoms with Crippen molar-refractivity contribution in [1.82, 2.24) is 15.1 Å². The molecule has 1 fully saturated rings. The van der Waals surface area contributed by atoms with E-state index >= 15 is 0 Å². The van der Waals surface area contributed by atoms with Gasteiger partial charge in [-0.05, 0) is 6.42 Å². The van der Waals surface area contributed by atoms with E-state index in [9.17, 15) is 22.8 Å². The molecule has 2 atom stereocenters. The predicted molar refractivity (Wildman–Crippen MR) is 84.4 cm³/mol. The standard InChI is InChI=1S/C14H19F3N4O3S/c1-2-3-4-5-10-19-20-12(25-10)18-13(24)21-6-8(11(22)23)9(7-21)14(15,16)17/h8-9H,2-7H2,1H3,(H,22,23)(H,18,20,24)/t8-,9-/m1/s1. The molecule has 25 heavy (non-hydrogen) atoms. The number of nitrogens with zero attached hydrogens (tertiary/aromatic N) is 3. The van der Waals surface area contributed by atoms with Crippen molar-refractivity contribution in [3.05, 3.63) is 5.01 Å². The maximum atomic E-state index is 12.9. The molecule has 0 radical (unpaired) electrons. The number of rotatable bonds is 6. The molecule has 0 spiro atoms. The van der Waals surface area contributed by atoms with E-state index in [1.807, 2.05) is 0 Å². The number of alkyl halides is 3. The van der Waals surface area contributed by atoms with Crippen LogP contribution in [0.25, 0.3) is 0 Å². The smallest absolute Gasteiger partial charge is 0.394 e. The molecule has 0 saturated carbocycles. The van der Waals surface area contributed by atoms with Crippen LogP contribution in [0.15, 0.2) is 0 Å². The summed E-state index contributed by atoms with van der Waals surface area (Å²) in [6.45, 7) is 0.891. The molecular weight excluding hydrogens is 361 g/mol. The molecule has 7 nitrogen and oxygen atoms in total. The lowest BCUT2D eigenvalue weighted by Crippen LogP contribution is -2.35. The number of carbonyl (C=O) groups excluding carboxylic acids is 1. The third-order valence-corrected chi connectivity index (χ3v) is 4.92.